The first-order valence-electron chi connectivity index (χ1n) is 41.9. The van der Waals surface area contributed by atoms with Crippen molar-refractivity contribution < 1.29 is 104 Å². The summed E-state index contributed by atoms with van der Waals surface area (Å²) in [5.41, 5.74) is 9.13. The molecule has 0 radical (unpaired) electrons. The lowest BCUT2D eigenvalue weighted by Gasteiger charge is -2.32. The number of hydrogen-bond donors (Lipinski definition) is 7. The minimum atomic E-state index is -4.39. The van der Waals surface area contributed by atoms with Crippen LogP contribution in [-0.4, -0.2) is 182 Å². The molecule has 7 aromatic rings. The molecule has 34 heteroatoms. The van der Waals surface area contributed by atoms with Crippen molar-refractivity contribution in [3.8, 4) is 68.5 Å². The van der Waals surface area contributed by atoms with Crippen LogP contribution in [0.3, 0.4) is 0 Å². The largest absolute Gasteiger partial charge is 0.514 e. The number of fused-ring (bicyclic) bond motifs is 10. The Morgan fingerprint density at radius 3 is 1.79 bits per heavy atom. The Kier molecular flexibility index (Phi) is 34.3. The Labute approximate surface area is 739 Å². The summed E-state index contributed by atoms with van der Waals surface area (Å²) in [5, 5.41) is 34.0. The number of ether oxygens (including phenoxy) is 8. The highest BCUT2D eigenvalue weighted by Gasteiger charge is 2.40. The number of Topliss-reactive ketones (excluding diaryl/α,β-unsaturated/α-hetero) is 4. The van der Waals surface area contributed by atoms with Crippen LogP contribution in [0.4, 0.5) is 14.4 Å². The van der Waals surface area contributed by atoms with Gasteiger partial charge < -0.3 is 69.6 Å². The fraction of sp³-hybridized carbons (Fsp3) is 0.441. The molecule has 33 nitrogen and oxygen atoms in total. The highest BCUT2D eigenvalue weighted by molar-refractivity contribution is 7.87. The maximum Gasteiger partial charge on any atom is 0.514 e. The summed E-state index contributed by atoms with van der Waals surface area (Å²) in [5.74, 6) is -6.78. The number of rotatable bonds is 26. The van der Waals surface area contributed by atoms with Crippen LogP contribution in [0, 0.1) is 42.9 Å². The van der Waals surface area contributed by atoms with Crippen molar-refractivity contribution in [2.45, 2.75) is 194 Å². The monoisotopic (exact) mass is 1770 g/mol. The van der Waals surface area contributed by atoms with Gasteiger partial charge in [-0.1, -0.05) is 74.9 Å². The number of nitrogens with two attached hydrogens (primary N) is 2. The van der Waals surface area contributed by atoms with Crippen LogP contribution < -0.4 is 50.5 Å². The van der Waals surface area contributed by atoms with Gasteiger partial charge in [-0.2, -0.15) is 13.7 Å². The van der Waals surface area contributed by atoms with Crippen molar-refractivity contribution in [2.24, 2.45) is 28.6 Å². The molecular weight excluding hydrogens is 1660 g/mol. The molecule has 127 heavy (non-hydrogen) atoms. The number of alkyl carbamates (subject to hydrolysis) is 1. The minimum Gasteiger partial charge on any atom is -0.507 e. The SMILES string of the molecule is COC(=O)[C@@H]1Cc2ccc(OCCNC(=O)OC(C)(C)C)c(c2)-c2cc(ccc2OC(=O)OC(C)(C)C)[C@H](N(C)C(=O)OCc2ccccc2)C(=O)C[C@@H](C)C(=O)N1.Cc1nc(-c2ccc(OC3CCCCC3)cc2)nc(C)c1C(=O)C[C@@H](CNS(N)(=O)=O)C(=O)N(C)[C@@H]1C(=O)C[C@@H](C)C(=O)N[C@H](C(=O)CCC#N)Cc2ccc(OCCN)c(c2)-c2cc1ccc2O. The number of aromatic hydroxyl groups is 1. The molecule has 8 bridgehead atoms. The van der Waals surface area contributed by atoms with E-state index in [0.29, 0.717) is 56.3 Å². The Morgan fingerprint density at radius 2 is 1.21 bits per heavy atom. The predicted molar refractivity (Wildman–Crippen MR) is 468 cm³/mol. The van der Waals surface area contributed by atoms with Crippen LogP contribution in [-0.2, 0) is 82.2 Å². The molecule has 0 unspecified atom stereocenters. The first-order chi connectivity index (χ1) is 60.1. The Hall–Kier alpha value is -12.7. The zero-order valence-electron chi connectivity index (χ0n) is 73.8. The molecule has 3 aliphatic rings. The Morgan fingerprint density at radius 1 is 0.669 bits per heavy atom. The zero-order valence-corrected chi connectivity index (χ0v) is 74.6. The molecule has 6 aromatic carbocycles. The number of aromatic nitrogens is 2. The van der Waals surface area contributed by atoms with Gasteiger partial charge in [-0.15, -0.1) is 0 Å². The molecular formula is C93H113N11O22S. The molecule has 1 aromatic heterocycles. The fourth-order valence-electron chi connectivity index (χ4n) is 14.9. The molecule has 678 valence electrons. The van der Waals surface area contributed by atoms with Crippen LogP contribution in [0.2, 0.25) is 0 Å². The van der Waals surface area contributed by atoms with Crippen molar-refractivity contribution in [1.82, 2.24) is 40.4 Å². The number of carbonyl (C=O) groups is 11. The van der Waals surface area contributed by atoms with Gasteiger partial charge >= 0.3 is 24.3 Å². The molecule has 1 fully saturated rings. The van der Waals surface area contributed by atoms with E-state index in [9.17, 15) is 71.5 Å². The van der Waals surface area contributed by atoms with Crippen LogP contribution in [0.25, 0.3) is 33.6 Å². The molecule has 5 amide bonds. The fourth-order valence-corrected chi connectivity index (χ4v) is 15.4. The number of aryl methyl sites for hydroxylation is 2. The second kappa shape index (κ2) is 44.4. The maximum absolute atomic E-state index is 14.8. The van der Waals surface area contributed by atoms with E-state index >= 15 is 0 Å². The average Bonchev–Trinajstić information content (AvgIpc) is 0.784. The zero-order chi connectivity index (χ0) is 92.8. The number of amides is 5. The van der Waals surface area contributed by atoms with E-state index in [0.717, 1.165) is 46.8 Å². The number of ketones is 4. The molecule has 2 aliphatic heterocycles. The van der Waals surface area contributed by atoms with Crippen LogP contribution in [0.1, 0.15) is 181 Å². The van der Waals surface area contributed by atoms with Gasteiger partial charge in [0.2, 0.25) is 17.7 Å². The molecule has 1 aliphatic carbocycles. The van der Waals surface area contributed by atoms with E-state index in [4.69, 9.17) is 48.8 Å². The summed E-state index contributed by atoms with van der Waals surface area (Å²) < 4.78 is 72.2. The summed E-state index contributed by atoms with van der Waals surface area (Å²) in [7, 11) is -0.462. The topological polar surface area (TPSA) is 472 Å². The highest BCUT2D eigenvalue weighted by Crippen LogP contribution is 2.44. The van der Waals surface area contributed by atoms with Crippen molar-refractivity contribution in [1.29, 1.82) is 5.26 Å². The quantitative estimate of drug-likeness (QED) is 0.00870. The van der Waals surface area contributed by atoms with Crippen molar-refractivity contribution in [3.63, 3.8) is 0 Å². The smallest absolute Gasteiger partial charge is 0.507 e. The standard InChI is InChI=1S/C50H60N8O10S.C43H53N3O12/c1-29-23-44(62)47(34-15-18-41(59)38(26-34)39-24-32(12-19-45(39)67-22-21-52)25-40(57-49(29)63)42(60)11-8-20-51)58(4)50(64)35(28-54-69(53,65)66)27-43(61)46-30(2)55-48(56-31(46)3)33-13-16-37(17-14-33)68-36-9-6-5-7-10-36;1-26-21-33(47)36(46(8)40(51)55-25-27-13-11-10-12-14-27)29-16-18-35(56-41(52)58-43(5,6)7)31(24-29)30-22-28(23-32(38(49)53-9)45-37(26)48)15-17-34(30)54-20-19-44-39(50)57-42(2,3)4/h12-19,24,26,29,35-36,40,47,54,59H,5-11,21-23,25,27-28,52H2,1-4H3,(H,57,63)(H2,53,65,66);10-18,22,24,26,32,36H,19-21,23,25H2,1-9H3,(H,44,50)(H,45,48)/t29-,35+,40+,47+;26-,32+,36+/m11/s1. The van der Waals surface area contributed by atoms with Crippen molar-refractivity contribution in [3.05, 3.63) is 172 Å². The second-order valence-electron chi connectivity index (χ2n) is 33.6. The van der Waals surface area contributed by atoms with Crippen LogP contribution in [0.5, 0.6) is 28.7 Å². The van der Waals surface area contributed by atoms with Gasteiger partial charge in [0.15, 0.2) is 29.0 Å². The Bertz CT molecular complexity index is 5310. The molecule has 9 N–H and O–H groups in total. The Balaban J connectivity index is 0.000000292. The van der Waals surface area contributed by atoms with Gasteiger partial charge in [0.1, 0.15) is 77.9 Å². The highest BCUT2D eigenvalue weighted by atomic mass is 32.2. The molecule has 1 saturated carbocycles. The molecule has 10 rings (SSSR count). The van der Waals surface area contributed by atoms with Gasteiger partial charge in [0, 0.05) is 105 Å². The summed E-state index contributed by atoms with van der Waals surface area (Å²) >= 11 is 0. The van der Waals surface area contributed by atoms with Crippen LogP contribution >= 0.6 is 0 Å². The second-order valence-corrected chi connectivity index (χ2v) is 35.0. The normalized spacial score (nSPS) is 17.7. The maximum atomic E-state index is 14.8. The first kappa shape index (κ1) is 98.1. The lowest BCUT2D eigenvalue weighted by Crippen LogP contribution is -2.46. The lowest BCUT2D eigenvalue weighted by atomic mass is 9.88. The van der Waals surface area contributed by atoms with Gasteiger partial charge in [-0.05, 0) is 188 Å². The number of nitrogens with one attached hydrogen (secondary N) is 4. The molecule has 7 atom stereocenters. The van der Waals surface area contributed by atoms with Crippen molar-refractivity contribution >= 4 is 75.4 Å². The number of esters is 1. The first-order valence-corrected chi connectivity index (χ1v) is 43.5. The molecule has 3 heterocycles. The number of phenols is 1. The predicted octanol–water partition coefficient (Wildman–Crippen LogP) is 11.6. The summed E-state index contributed by atoms with van der Waals surface area (Å²) in [4.78, 5) is 162. The number of nitriles is 1. The number of phenolic OH excluding ortho intramolecular Hbond substituents is 1. The van der Waals surface area contributed by atoms with Gasteiger partial charge in [-0.3, -0.25) is 38.5 Å². The lowest BCUT2D eigenvalue weighted by molar-refractivity contribution is -0.145. The van der Waals surface area contributed by atoms with Gasteiger partial charge in [0.05, 0.1) is 54.7 Å². The van der Waals surface area contributed by atoms with E-state index in [1.807, 2.05) is 36.4 Å². The number of methoxy groups -OCH3 is 1. The third-order valence-electron chi connectivity index (χ3n) is 21.1. The number of likely N-dealkylation sites (N-methyl/N-ethyl adjacent to an activating group) is 2. The molecule has 0 saturated heterocycles. The summed E-state index contributed by atoms with van der Waals surface area (Å²) in [6.45, 7) is 16.2. The third kappa shape index (κ3) is 28.1. The minimum absolute atomic E-state index is 0.0191. The van der Waals surface area contributed by atoms with E-state index in [2.05, 4.69) is 30.6 Å². The summed E-state index contributed by atoms with van der Waals surface area (Å²) in [6.07, 6.45) is 1.70. The van der Waals surface area contributed by atoms with E-state index in [1.165, 1.54) is 64.9 Å². The van der Waals surface area contributed by atoms with E-state index in [1.54, 1.807) is 129 Å². The average molecular weight is 1770 g/mol. The van der Waals surface area contributed by atoms with Crippen LogP contribution in [0.15, 0.2) is 127 Å². The third-order valence-corrected chi connectivity index (χ3v) is 21.7. The summed E-state index contributed by atoms with van der Waals surface area (Å²) in [6, 6.07) is 32.3. The number of carbonyl (C=O) groups excluding carboxylic acids is 11. The number of hydrogen-bond acceptors (Lipinski definition) is 26. The van der Waals surface area contributed by atoms with E-state index < -0.39 is 148 Å². The number of nitrogens with zero attached hydrogens (tertiary/aromatic N) is 5. The number of benzene rings is 6. The van der Waals surface area contributed by atoms with Gasteiger partial charge in [-0.25, -0.2) is 39.0 Å². The molecule has 0 spiro atoms. The van der Waals surface area contributed by atoms with Crippen molar-refractivity contribution in [2.75, 3.05) is 54.1 Å². The van der Waals surface area contributed by atoms with Gasteiger partial charge in [0.25, 0.3) is 10.2 Å². The van der Waals surface area contributed by atoms with E-state index in [-0.39, 0.29) is 111 Å².